The molecule has 0 aliphatic heterocycles. The summed E-state index contributed by atoms with van der Waals surface area (Å²) in [5.41, 5.74) is -0.506. The first-order chi connectivity index (χ1) is 9.00. The average molecular weight is 369 g/mol. The van der Waals surface area contributed by atoms with Gasteiger partial charge >= 0.3 is 10.2 Å². The van der Waals surface area contributed by atoms with Crippen molar-refractivity contribution in [2.24, 2.45) is 4.40 Å². The van der Waals surface area contributed by atoms with Gasteiger partial charge in [-0.1, -0.05) is 0 Å². The summed E-state index contributed by atoms with van der Waals surface area (Å²) in [5.74, 6) is -1.47. The van der Waals surface area contributed by atoms with Gasteiger partial charge in [-0.05, 0) is 48.3 Å². The van der Waals surface area contributed by atoms with Gasteiger partial charge < -0.3 is 0 Å². The summed E-state index contributed by atoms with van der Waals surface area (Å²) in [6, 6.07) is 1.98. The highest BCUT2D eigenvalue weighted by Crippen LogP contribution is 2.20. The first kappa shape index (κ1) is 17.2. The van der Waals surface area contributed by atoms with Crippen molar-refractivity contribution < 1.29 is 17.2 Å². The molecule has 8 heteroatoms. The Hall–Kier alpha value is -0.860. The molecule has 0 aromatic heterocycles. The number of halogens is 3. The zero-order chi connectivity index (χ0) is 15.6. The van der Waals surface area contributed by atoms with Crippen LogP contribution in [-0.2, 0) is 16.6 Å². The lowest BCUT2D eigenvalue weighted by Gasteiger charge is -2.17. The van der Waals surface area contributed by atoms with Crippen molar-refractivity contribution in [1.82, 2.24) is 4.72 Å². The maximum Gasteiger partial charge on any atom is 0.319 e. The fourth-order valence-corrected chi connectivity index (χ4v) is 2.86. The Morgan fingerprint density at radius 2 is 1.90 bits per heavy atom. The SMILES string of the molecule is CC(C)(C)NS(=O)(=O)N=CCc1cc(Br)c(F)cc1F. The van der Waals surface area contributed by atoms with Gasteiger partial charge in [-0.15, -0.1) is 0 Å². The third-order valence-electron chi connectivity index (χ3n) is 2.05. The molecule has 4 nitrogen and oxygen atoms in total. The lowest BCUT2D eigenvalue weighted by molar-refractivity contribution is 0.492. The Morgan fingerprint density at radius 1 is 1.30 bits per heavy atom. The van der Waals surface area contributed by atoms with Gasteiger partial charge in [-0.2, -0.15) is 17.5 Å². The minimum absolute atomic E-state index is 0.0598. The molecule has 1 aromatic rings. The Morgan fingerprint density at radius 3 is 2.45 bits per heavy atom. The second kappa shape index (κ2) is 6.28. The molecule has 20 heavy (non-hydrogen) atoms. The van der Waals surface area contributed by atoms with Crippen molar-refractivity contribution in [3.8, 4) is 0 Å². The van der Waals surface area contributed by atoms with E-state index in [1.165, 1.54) is 6.07 Å². The predicted octanol–water partition coefficient (Wildman–Crippen LogP) is 2.97. The van der Waals surface area contributed by atoms with E-state index < -0.39 is 27.4 Å². The molecule has 0 aliphatic rings. The van der Waals surface area contributed by atoms with Gasteiger partial charge in [0.25, 0.3) is 0 Å². The first-order valence-corrected chi connectivity index (χ1v) is 7.94. The molecule has 0 atom stereocenters. The lowest BCUT2D eigenvalue weighted by atomic mass is 10.1. The summed E-state index contributed by atoms with van der Waals surface area (Å²) in [6.45, 7) is 5.03. The highest BCUT2D eigenvalue weighted by Gasteiger charge is 2.18. The Labute approximate surface area is 125 Å². The smallest absolute Gasteiger partial charge is 0.207 e. The van der Waals surface area contributed by atoms with Crippen LogP contribution in [0.15, 0.2) is 21.0 Å². The number of hydrogen-bond acceptors (Lipinski definition) is 2. The lowest BCUT2D eigenvalue weighted by Crippen LogP contribution is -2.39. The second-order valence-corrected chi connectivity index (χ2v) is 7.40. The Bertz CT molecular complexity index is 625. The molecule has 1 aromatic carbocycles. The minimum atomic E-state index is -3.83. The minimum Gasteiger partial charge on any atom is -0.207 e. The average Bonchev–Trinajstić information content (AvgIpc) is 2.21. The van der Waals surface area contributed by atoms with Gasteiger partial charge in [-0.3, -0.25) is 0 Å². The maximum atomic E-state index is 13.4. The van der Waals surface area contributed by atoms with Gasteiger partial charge in [-0.25, -0.2) is 8.78 Å². The summed E-state index contributed by atoms with van der Waals surface area (Å²) < 4.78 is 55.4. The van der Waals surface area contributed by atoms with Crippen LogP contribution in [0, 0.1) is 11.6 Å². The van der Waals surface area contributed by atoms with Crippen LogP contribution in [0.2, 0.25) is 0 Å². The highest BCUT2D eigenvalue weighted by molar-refractivity contribution is 9.10. The largest absolute Gasteiger partial charge is 0.319 e. The van der Waals surface area contributed by atoms with Gasteiger partial charge in [0.05, 0.1) is 4.47 Å². The van der Waals surface area contributed by atoms with Crippen LogP contribution >= 0.6 is 15.9 Å². The maximum absolute atomic E-state index is 13.4. The Kier molecular flexibility index (Phi) is 5.39. The summed E-state index contributed by atoms with van der Waals surface area (Å²) in [6.07, 6.45) is 1.01. The van der Waals surface area contributed by atoms with Crippen LogP contribution in [0.4, 0.5) is 8.78 Å². The summed E-state index contributed by atoms with van der Waals surface area (Å²) >= 11 is 2.93. The van der Waals surface area contributed by atoms with Crippen LogP contribution in [0.1, 0.15) is 26.3 Å². The van der Waals surface area contributed by atoms with Crippen molar-refractivity contribution in [2.45, 2.75) is 32.7 Å². The predicted molar refractivity (Wildman–Crippen MR) is 78.1 cm³/mol. The third-order valence-corrected chi connectivity index (χ3v) is 3.95. The van der Waals surface area contributed by atoms with Gasteiger partial charge in [0.1, 0.15) is 11.6 Å². The fraction of sp³-hybridized carbons (Fsp3) is 0.417. The van der Waals surface area contributed by atoms with Crippen molar-refractivity contribution in [3.05, 3.63) is 33.8 Å². The molecule has 112 valence electrons. The van der Waals surface area contributed by atoms with Crippen LogP contribution in [0.5, 0.6) is 0 Å². The van der Waals surface area contributed by atoms with E-state index in [0.717, 1.165) is 12.3 Å². The first-order valence-electron chi connectivity index (χ1n) is 5.71. The summed E-state index contributed by atoms with van der Waals surface area (Å²) in [4.78, 5) is 0. The molecule has 0 fully saturated rings. The number of nitrogens with zero attached hydrogens (tertiary/aromatic N) is 1. The molecule has 0 saturated carbocycles. The van der Waals surface area contributed by atoms with E-state index in [4.69, 9.17) is 0 Å². The van der Waals surface area contributed by atoms with Gasteiger partial charge in [0.2, 0.25) is 0 Å². The molecule has 0 spiro atoms. The van der Waals surface area contributed by atoms with Gasteiger partial charge in [0.15, 0.2) is 0 Å². The standard InChI is InChI=1S/C12H15BrF2N2O2S/c1-12(2,3)17-20(18,19)16-5-4-8-6-9(13)11(15)7-10(8)14/h5-7,17H,4H2,1-3H3. The molecule has 0 heterocycles. The molecule has 0 aliphatic carbocycles. The van der Waals surface area contributed by atoms with E-state index in [0.29, 0.717) is 0 Å². The number of benzene rings is 1. The van der Waals surface area contributed by atoms with E-state index >= 15 is 0 Å². The molecule has 0 unspecified atom stereocenters. The van der Waals surface area contributed by atoms with E-state index in [1.807, 2.05) is 0 Å². The summed E-state index contributed by atoms with van der Waals surface area (Å²) in [7, 11) is -3.83. The zero-order valence-corrected chi connectivity index (χ0v) is 13.6. The van der Waals surface area contributed by atoms with E-state index in [9.17, 15) is 17.2 Å². The normalized spacial score (nSPS) is 13.1. The quantitative estimate of drug-likeness (QED) is 0.655. The molecule has 0 amide bonds. The molecular formula is C12H15BrF2N2O2S. The molecule has 0 radical (unpaired) electrons. The number of hydrogen-bond donors (Lipinski definition) is 1. The van der Waals surface area contributed by atoms with E-state index in [2.05, 4.69) is 25.0 Å². The molecular weight excluding hydrogens is 354 g/mol. The number of nitrogens with one attached hydrogen (secondary N) is 1. The van der Waals surface area contributed by atoms with Crippen LogP contribution in [0.3, 0.4) is 0 Å². The van der Waals surface area contributed by atoms with Gasteiger partial charge in [0, 0.05) is 24.2 Å². The highest BCUT2D eigenvalue weighted by atomic mass is 79.9. The van der Waals surface area contributed by atoms with E-state index in [-0.39, 0.29) is 16.5 Å². The molecule has 1 rings (SSSR count). The van der Waals surface area contributed by atoms with Crippen LogP contribution in [-0.4, -0.2) is 20.2 Å². The third kappa shape index (κ3) is 5.64. The second-order valence-electron chi connectivity index (χ2n) is 5.18. The number of rotatable bonds is 4. The van der Waals surface area contributed by atoms with Crippen molar-refractivity contribution in [1.29, 1.82) is 0 Å². The van der Waals surface area contributed by atoms with Crippen molar-refractivity contribution in [3.63, 3.8) is 0 Å². The Balaban J connectivity index is 2.82. The fourth-order valence-electron chi connectivity index (χ4n) is 1.37. The topological polar surface area (TPSA) is 58.5 Å². The zero-order valence-electron chi connectivity index (χ0n) is 11.2. The molecule has 0 bridgehead atoms. The van der Waals surface area contributed by atoms with Crippen LogP contribution < -0.4 is 4.72 Å². The molecule has 0 saturated heterocycles. The van der Waals surface area contributed by atoms with Crippen molar-refractivity contribution in [2.75, 3.05) is 0 Å². The van der Waals surface area contributed by atoms with E-state index in [1.54, 1.807) is 20.8 Å². The monoisotopic (exact) mass is 368 g/mol. The van der Waals surface area contributed by atoms with Crippen molar-refractivity contribution >= 4 is 32.4 Å². The van der Waals surface area contributed by atoms with Crippen LogP contribution in [0.25, 0.3) is 0 Å². The summed E-state index contributed by atoms with van der Waals surface area (Å²) in [5, 5.41) is 0. The molecule has 1 N–H and O–H groups in total.